The fourth-order valence-electron chi connectivity index (χ4n) is 2.97. The lowest BCUT2D eigenvalue weighted by molar-refractivity contribution is -0.134. The highest BCUT2D eigenvalue weighted by Crippen LogP contribution is 2.27. The van der Waals surface area contributed by atoms with Gasteiger partial charge in [-0.3, -0.25) is 9.59 Å². The Hall–Kier alpha value is -3.02. The lowest BCUT2D eigenvalue weighted by atomic mass is 10.1. The van der Waals surface area contributed by atoms with Crippen LogP contribution in [0.5, 0.6) is 11.5 Å². The zero-order valence-electron chi connectivity index (χ0n) is 15.4. The van der Waals surface area contributed by atoms with Crippen molar-refractivity contribution >= 4 is 11.8 Å². The predicted octanol–water partition coefficient (Wildman–Crippen LogP) is 2.38. The van der Waals surface area contributed by atoms with Gasteiger partial charge in [-0.15, -0.1) is 0 Å². The van der Waals surface area contributed by atoms with Gasteiger partial charge in [-0.05, 0) is 24.1 Å². The van der Waals surface area contributed by atoms with Crippen LogP contribution in [0.1, 0.15) is 18.4 Å². The fraction of sp³-hybridized carbons (Fsp3) is 0.333. The quantitative estimate of drug-likeness (QED) is 0.815. The summed E-state index contributed by atoms with van der Waals surface area (Å²) in [4.78, 5) is 25.3. The van der Waals surface area contributed by atoms with E-state index in [0.29, 0.717) is 37.5 Å². The Morgan fingerprint density at radius 3 is 2.44 bits per heavy atom. The summed E-state index contributed by atoms with van der Waals surface area (Å²) >= 11 is 0. The van der Waals surface area contributed by atoms with E-state index in [1.165, 1.54) is 0 Å². The number of carbonyl (C=O) groups excluding carboxylic acids is 2. The van der Waals surface area contributed by atoms with Gasteiger partial charge in [0.05, 0.1) is 0 Å². The first-order valence-electron chi connectivity index (χ1n) is 9.03. The van der Waals surface area contributed by atoms with Crippen molar-refractivity contribution in [3.05, 3.63) is 60.2 Å². The van der Waals surface area contributed by atoms with Crippen LogP contribution in [0.4, 0.5) is 0 Å². The largest absolute Gasteiger partial charge is 0.485 e. The minimum absolute atomic E-state index is 0.0339. The number of likely N-dealkylation sites (N-methyl/N-ethyl adjacent to an activating group) is 1. The van der Waals surface area contributed by atoms with E-state index in [4.69, 9.17) is 9.47 Å². The first-order valence-corrected chi connectivity index (χ1v) is 9.03. The lowest BCUT2D eigenvalue weighted by Gasteiger charge is -2.30. The van der Waals surface area contributed by atoms with Crippen molar-refractivity contribution in [2.75, 3.05) is 20.2 Å². The summed E-state index contributed by atoms with van der Waals surface area (Å²) in [5.41, 5.74) is 1.06. The molecule has 2 aromatic rings. The Balaban J connectivity index is 1.50. The number of ether oxygens (including phenoxy) is 2. The van der Waals surface area contributed by atoms with Gasteiger partial charge in [0.1, 0.15) is 6.61 Å². The number of nitrogens with zero attached hydrogens (tertiary/aromatic N) is 1. The number of nitrogens with one attached hydrogen (secondary N) is 1. The van der Waals surface area contributed by atoms with E-state index >= 15 is 0 Å². The van der Waals surface area contributed by atoms with Gasteiger partial charge in [0.25, 0.3) is 5.91 Å². The molecule has 27 heavy (non-hydrogen) atoms. The molecule has 1 aliphatic heterocycles. The van der Waals surface area contributed by atoms with Gasteiger partial charge in [0.15, 0.2) is 18.1 Å². The highest BCUT2D eigenvalue weighted by molar-refractivity contribution is 5.79. The monoisotopic (exact) mass is 368 g/mol. The number of likely N-dealkylation sites (tertiary alicyclic amines) is 1. The number of piperidine rings is 1. The normalized spacial score (nSPS) is 16.7. The standard InChI is InChI=1S/C21H24N2O4/c1-23-13-17(11-12-21(23)25)22-20(24)15-27-19-10-6-5-9-18(19)26-14-16-7-3-2-4-8-16/h2-10,17H,11-15H2,1H3,(H,22,24). The van der Waals surface area contributed by atoms with E-state index in [1.54, 1.807) is 18.0 Å². The van der Waals surface area contributed by atoms with Gasteiger partial charge in [0, 0.05) is 26.1 Å². The van der Waals surface area contributed by atoms with Crippen molar-refractivity contribution in [1.82, 2.24) is 10.2 Å². The van der Waals surface area contributed by atoms with Crippen LogP contribution < -0.4 is 14.8 Å². The summed E-state index contributed by atoms with van der Waals surface area (Å²) in [6.07, 6.45) is 1.12. The molecule has 0 bridgehead atoms. The summed E-state index contributed by atoms with van der Waals surface area (Å²) in [6.45, 7) is 0.858. The maximum atomic E-state index is 12.2. The Morgan fingerprint density at radius 2 is 1.74 bits per heavy atom. The Kier molecular flexibility index (Phi) is 6.30. The van der Waals surface area contributed by atoms with Crippen LogP contribution in [0.25, 0.3) is 0 Å². The van der Waals surface area contributed by atoms with Crippen LogP contribution in [-0.4, -0.2) is 43.0 Å². The Morgan fingerprint density at radius 1 is 1.07 bits per heavy atom. The van der Waals surface area contributed by atoms with Crippen LogP contribution in [0, 0.1) is 0 Å². The third-order valence-electron chi connectivity index (χ3n) is 4.44. The number of amides is 2. The van der Waals surface area contributed by atoms with Crippen LogP contribution >= 0.6 is 0 Å². The summed E-state index contributed by atoms with van der Waals surface area (Å²) < 4.78 is 11.5. The smallest absolute Gasteiger partial charge is 0.258 e. The molecule has 6 heteroatoms. The number of carbonyl (C=O) groups is 2. The van der Waals surface area contributed by atoms with E-state index in [-0.39, 0.29) is 24.5 Å². The van der Waals surface area contributed by atoms with Crippen molar-refractivity contribution in [3.63, 3.8) is 0 Å². The van der Waals surface area contributed by atoms with Gasteiger partial charge < -0.3 is 19.7 Å². The first kappa shape index (κ1) is 18.8. The molecule has 1 aliphatic rings. The maximum absolute atomic E-state index is 12.2. The molecule has 2 amide bonds. The molecule has 0 aromatic heterocycles. The number of benzene rings is 2. The minimum atomic E-state index is -0.208. The number of hydrogen-bond donors (Lipinski definition) is 1. The molecular weight excluding hydrogens is 344 g/mol. The molecule has 1 fully saturated rings. The number of rotatable bonds is 7. The molecule has 3 rings (SSSR count). The van der Waals surface area contributed by atoms with Crippen molar-refractivity contribution < 1.29 is 19.1 Å². The third-order valence-corrected chi connectivity index (χ3v) is 4.44. The molecule has 6 nitrogen and oxygen atoms in total. The zero-order chi connectivity index (χ0) is 19.1. The van der Waals surface area contributed by atoms with Crippen molar-refractivity contribution in [2.24, 2.45) is 0 Å². The van der Waals surface area contributed by atoms with Crippen molar-refractivity contribution in [1.29, 1.82) is 0 Å². The second kappa shape index (κ2) is 9.07. The molecule has 0 spiro atoms. The molecule has 142 valence electrons. The minimum Gasteiger partial charge on any atom is -0.485 e. The fourth-order valence-corrected chi connectivity index (χ4v) is 2.97. The van der Waals surface area contributed by atoms with Crippen molar-refractivity contribution in [2.45, 2.75) is 25.5 Å². The molecule has 1 heterocycles. The molecule has 1 atom stereocenters. The Bertz CT molecular complexity index is 779. The topological polar surface area (TPSA) is 67.9 Å². The van der Waals surface area contributed by atoms with Gasteiger partial charge in [-0.1, -0.05) is 42.5 Å². The number of hydrogen-bond acceptors (Lipinski definition) is 4. The van der Waals surface area contributed by atoms with Crippen LogP contribution in [0.3, 0.4) is 0 Å². The van der Waals surface area contributed by atoms with Gasteiger partial charge in [0.2, 0.25) is 5.91 Å². The Labute approximate surface area is 159 Å². The second-order valence-electron chi connectivity index (χ2n) is 6.59. The molecule has 2 aromatic carbocycles. The average molecular weight is 368 g/mol. The molecular formula is C21H24N2O4. The SMILES string of the molecule is CN1CC(NC(=O)COc2ccccc2OCc2ccccc2)CCC1=O. The van der Waals surface area contributed by atoms with Gasteiger partial charge in [-0.25, -0.2) is 0 Å². The van der Waals surface area contributed by atoms with Crippen LogP contribution in [0.15, 0.2) is 54.6 Å². The van der Waals surface area contributed by atoms with Crippen LogP contribution in [-0.2, 0) is 16.2 Å². The zero-order valence-corrected chi connectivity index (χ0v) is 15.4. The number of para-hydroxylation sites is 2. The summed E-state index contributed by atoms with van der Waals surface area (Å²) in [5, 5.41) is 2.92. The summed E-state index contributed by atoms with van der Waals surface area (Å²) in [5.74, 6) is 1.03. The maximum Gasteiger partial charge on any atom is 0.258 e. The molecule has 0 aliphatic carbocycles. The van der Waals surface area contributed by atoms with Gasteiger partial charge in [-0.2, -0.15) is 0 Å². The highest BCUT2D eigenvalue weighted by Gasteiger charge is 2.24. The summed E-state index contributed by atoms with van der Waals surface area (Å²) in [6, 6.07) is 17.1. The lowest BCUT2D eigenvalue weighted by Crippen LogP contribution is -2.49. The van der Waals surface area contributed by atoms with Crippen molar-refractivity contribution in [3.8, 4) is 11.5 Å². The van der Waals surface area contributed by atoms with E-state index in [1.807, 2.05) is 48.5 Å². The van der Waals surface area contributed by atoms with Crippen LogP contribution in [0.2, 0.25) is 0 Å². The van der Waals surface area contributed by atoms with Gasteiger partial charge >= 0.3 is 0 Å². The molecule has 1 unspecified atom stereocenters. The predicted molar refractivity (Wildman–Crippen MR) is 102 cm³/mol. The van der Waals surface area contributed by atoms with E-state index < -0.39 is 0 Å². The molecule has 0 saturated carbocycles. The van der Waals surface area contributed by atoms with E-state index in [9.17, 15) is 9.59 Å². The second-order valence-corrected chi connectivity index (χ2v) is 6.59. The molecule has 1 saturated heterocycles. The molecule has 1 N–H and O–H groups in total. The van der Waals surface area contributed by atoms with E-state index in [2.05, 4.69) is 5.32 Å². The first-order chi connectivity index (χ1) is 13.1. The average Bonchev–Trinajstić information content (AvgIpc) is 2.69. The molecule has 0 radical (unpaired) electrons. The summed E-state index contributed by atoms with van der Waals surface area (Å²) in [7, 11) is 1.75. The highest BCUT2D eigenvalue weighted by atomic mass is 16.5. The van der Waals surface area contributed by atoms with E-state index in [0.717, 1.165) is 5.56 Å². The third kappa shape index (κ3) is 5.48.